The minimum Gasteiger partial charge on any atom is -0.311 e. The van der Waals surface area contributed by atoms with Crippen molar-refractivity contribution >= 4 is 0 Å². The summed E-state index contributed by atoms with van der Waals surface area (Å²) >= 11 is 0. The van der Waals surface area contributed by atoms with Crippen molar-refractivity contribution < 1.29 is 0 Å². The zero-order valence-corrected chi connectivity index (χ0v) is 12.4. The first-order chi connectivity index (χ1) is 8.04. The second kappa shape index (κ2) is 7.38. The van der Waals surface area contributed by atoms with Gasteiger partial charge in [-0.2, -0.15) is 0 Å². The average Bonchev–Trinajstić information content (AvgIpc) is 2.28. The predicted molar refractivity (Wildman–Crippen MR) is 76.4 cm³/mol. The molecule has 0 aliphatic carbocycles. The minimum absolute atomic E-state index is 0.390. The highest BCUT2D eigenvalue weighted by molar-refractivity contribution is 4.87. The van der Waals surface area contributed by atoms with Gasteiger partial charge in [-0.05, 0) is 18.4 Å². The number of rotatable bonds is 6. The molecule has 0 amide bonds. The van der Waals surface area contributed by atoms with Crippen LogP contribution in [0.3, 0.4) is 0 Å². The second-order valence-electron chi connectivity index (χ2n) is 6.59. The fourth-order valence-electron chi connectivity index (χ4n) is 2.53. The van der Waals surface area contributed by atoms with Gasteiger partial charge in [-0.1, -0.05) is 53.4 Å². The van der Waals surface area contributed by atoms with Crippen LogP contribution in [0.1, 0.15) is 59.8 Å². The summed E-state index contributed by atoms with van der Waals surface area (Å²) in [4.78, 5) is 2.65. The maximum absolute atomic E-state index is 3.66. The minimum atomic E-state index is 0.390. The maximum Gasteiger partial charge on any atom is 0.0244 e. The SMILES string of the molecule is CCCCCCCN1CCNC(C(C)(C)C)C1. The van der Waals surface area contributed by atoms with E-state index in [1.54, 1.807) is 0 Å². The number of hydrogen-bond acceptors (Lipinski definition) is 2. The highest BCUT2D eigenvalue weighted by atomic mass is 15.2. The summed E-state index contributed by atoms with van der Waals surface area (Å²) in [5, 5.41) is 3.66. The molecular formula is C15H32N2. The van der Waals surface area contributed by atoms with E-state index < -0.39 is 0 Å². The summed E-state index contributed by atoms with van der Waals surface area (Å²) in [7, 11) is 0. The molecule has 0 bridgehead atoms. The number of nitrogens with one attached hydrogen (secondary N) is 1. The quantitative estimate of drug-likeness (QED) is 0.717. The molecule has 0 radical (unpaired) electrons. The molecule has 1 heterocycles. The van der Waals surface area contributed by atoms with E-state index in [0.29, 0.717) is 11.5 Å². The van der Waals surface area contributed by atoms with Gasteiger partial charge in [-0.25, -0.2) is 0 Å². The van der Waals surface area contributed by atoms with Crippen LogP contribution >= 0.6 is 0 Å². The highest BCUT2D eigenvalue weighted by Crippen LogP contribution is 2.21. The Labute approximate surface area is 108 Å². The predicted octanol–water partition coefficient (Wildman–Crippen LogP) is 3.28. The molecule has 1 rings (SSSR count). The van der Waals surface area contributed by atoms with E-state index in [1.165, 1.54) is 51.7 Å². The standard InChI is InChI=1S/C15H32N2/c1-5-6-7-8-9-11-17-12-10-16-14(13-17)15(2,3)4/h14,16H,5-13H2,1-4H3. The molecule has 1 aliphatic heterocycles. The van der Waals surface area contributed by atoms with Gasteiger partial charge >= 0.3 is 0 Å². The number of piperazine rings is 1. The molecule has 1 fully saturated rings. The van der Waals surface area contributed by atoms with E-state index in [9.17, 15) is 0 Å². The fraction of sp³-hybridized carbons (Fsp3) is 1.00. The van der Waals surface area contributed by atoms with Crippen molar-refractivity contribution in [3.05, 3.63) is 0 Å². The van der Waals surface area contributed by atoms with Crippen molar-refractivity contribution in [2.24, 2.45) is 5.41 Å². The molecular weight excluding hydrogens is 208 g/mol. The largest absolute Gasteiger partial charge is 0.311 e. The summed E-state index contributed by atoms with van der Waals surface area (Å²) in [5.74, 6) is 0. The Hall–Kier alpha value is -0.0800. The topological polar surface area (TPSA) is 15.3 Å². The fourth-order valence-corrected chi connectivity index (χ4v) is 2.53. The molecule has 1 saturated heterocycles. The Morgan fingerprint density at radius 1 is 1.12 bits per heavy atom. The van der Waals surface area contributed by atoms with E-state index in [1.807, 2.05) is 0 Å². The van der Waals surface area contributed by atoms with Crippen molar-refractivity contribution in [2.75, 3.05) is 26.2 Å². The summed E-state index contributed by atoms with van der Waals surface area (Å²) in [6, 6.07) is 0.659. The lowest BCUT2D eigenvalue weighted by atomic mass is 9.85. The third-order valence-electron chi connectivity index (χ3n) is 3.88. The van der Waals surface area contributed by atoms with Gasteiger partial charge in [-0.15, -0.1) is 0 Å². The molecule has 102 valence electrons. The molecule has 1 atom stereocenters. The van der Waals surface area contributed by atoms with Crippen LogP contribution in [-0.2, 0) is 0 Å². The van der Waals surface area contributed by atoms with Gasteiger partial charge in [0.1, 0.15) is 0 Å². The first-order valence-corrected chi connectivity index (χ1v) is 7.49. The first kappa shape index (κ1) is 15.0. The zero-order valence-electron chi connectivity index (χ0n) is 12.4. The summed E-state index contributed by atoms with van der Waals surface area (Å²) in [6.07, 6.45) is 6.98. The molecule has 0 saturated carbocycles. The van der Waals surface area contributed by atoms with E-state index in [-0.39, 0.29) is 0 Å². The highest BCUT2D eigenvalue weighted by Gasteiger charge is 2.28. The Balaban J connectivity index is 2.17. The molecule has 1 aliphatic rings. The smallest absolute Gasteiger partial charge is 0.0244 e. The average molecular weight is 240 g/mol. The first-order valence-electron chi connectivity index (χ1n) is 7.49. The molecule has 2 nitrogen and oxygen atoms in total. The van der Waals surface area contributed by atoms with Crippen molar-refractivity contribution in [2.45, 2.75) is 65.8 Å². The lowest BCUT2D eigenvalue weighted by Crippen LogP contribution is -2.55. The van der Waals surface area contributed by atoms with E-state index in [2.05, 4.69) is 37.9 Å². The third kappa shape index (κ3) is 5.87. The molecule has 0 aromatic heterocycles. The Morgan fingerprint density at radius 3 is 2.47 bits per heavy atom. The molecule has 2 heteroatoms. The van der Waals surface area contributed by atoms with Crippen LogP contribution in [0.4, 0.5) is 0 Å². The molecule has 0 aromatic carbocycles. The molecule has 1 N–H and O–H groups in total. The summed E-state index contributed by atoms with van der Waals surface area (Å²) in [6.45, 7) is 14.2. The van der Waals surface area contributed by atoms with Gasteiger partial charge in [0.05, 0.1) is 0 Å². The Morgan fingerprint density at radius 2 is 1.82 bits per heavy atom. The van der Waals surface area contributed by atoms with Crippen LogP contribution in [0.15, 0.2) is 0 Å². The lowest BCUT2D eigenvalue weighted by Gasteiger charge is -2.40. The normalized spacial score (nSPS) is 22.9. The van der Waals surface area contributed by atoms with Crippen LogP contribution in [0, 0.1) is 5.41 Å². The number of unbranched alkanes of at least 4 members (excludes halogenated alkanes) is 4. The van der Waals surface area contributed by atoms with Crippen molar-refractivity contribution in [3.8, 4) is 0 Å². The van der Waals surface area contributed by atoms with Crippen LogP contribution in [0.2, 0.25) is 0 Å². The van der Waals surface area contributed by atoms with Crippen molar-refractivity contribution in [1.29, 1.82) is 0 Å². The van der Waals surface area contributed by atoms with Crippen LogP contribution < -0.4 is 5.32 Å². The van der Waals surface area contributed by atoms with E-state index in [4.69, 9.17) is 0 Å². The Kier molecular flexibility index (Phi) is 6.50. The third-order valence-corrected chi connectivity index (χ3v) is 3.88. The maximum atomic E-state index is 3.66. The summed E-state index contributed by atoms with van der Waals surface area (Å²) < 4.78 is 0. The van der Waals surface area contributed by atoms with E-state index >= 15 is 0 Å². The van der Waals surface area contributed by atoms with Gasteiger partial charge in [0.2, 0.25) is 0 Å². The van der Waals surface area contributed by atoms with Gasteiger partial charge in [0.25, 0.3) is 0 Å². The summed E-state index contributed by atoms with van der Waals surface area (Å²) in [5.41, 5.74) is 0.390. The second-order valence-corrected chi connectivity index (χ2v) is 6.59. The van der Waals surface area contributed by atoms with Gasteiger partial charge in [0, 0.05) is 25.7 Å². The van der Waals surface area contributed by atoms with Gasteiger partial charge < -0.3 is 10.2 Å². The van der Waals surface area contributed by atoms with Crippen LogP contribution in [0.5, 0.6) is 0 Å². The van der Waals surface area contributed by atoms with E-state index in [0.717, 1.165) is 6.54 Å². The lowest BCUT2D eigenvalue weighted by molar-refractivity contribution is 0.132. The van der Waals surface area contributed by atoms with Crippen molar-refractivity contribution in [3.63, 3.8) is 0 Å². The molecule has 0 spiro atoms. The van der Waals surface area contributed by atoms with Crippen LogP contribution in [0.25, 0.3) is 0 Å². The van der Waals surface area contributed by atoms with Gasteiger partial charge in [-0.3, -0.25) is 0 Å². The molecule has 17 heavy (non-hydrogen) atoms. The van der Waals surface area contributed by atoms with Gasteiger partial charge in [0.15, 0.2) is 0 Å². The molecule has 0 aromatic rings. The number of nitrogens with zero attached hydrogens (tertiary/aromatic N) is 1. The van der Waals surface area contributed by atoms with Crippen LogP contribution in [-0.4, -0.2) is 37.1 Å². The Bertz CT molecular complexity index is 196. The van der Waals surface area contributed by atoms with Crippen molar-refractivity contribution in [1.82, 2.24) is 10.2 Å². The zero-order chi connectivity index (χ0) is 12.7. The number of hydrogen-bond donors (Lipinski definition) is 1. The molecule has 1 unspecified atom stereocenters. The monoisotopic (exact) mass is 240 g/mol.